The summed E-state index contributed by atoms with van der Waals surface area (Å²) in [6.45, 7) is 3.74. The summed E-state index contributed by atoms with van der Waals surface area (Å²) >= 11 is 0. The lowest BCUT2D eigenvalue weighted by Crippen LogP contribution is -2.59. The van der Waals surface area contributed by atoms with Crippen molar-refractivity contribution in [3.05, 3.63) is 29.8 Å². The van der Waals surface area contributed by atoms with E-state index in [9.17, 15) is 34.2 Å². The highest BCUT2D eigenvalue weighted by atomic mass is 16.4. The summed E-state index contributed by atoms with van der Waals surface area (Å²) in [5, 5.41) is 26.7. The summed E-state index contributed by atoms with van der Waals surface area (Å²) in [5.74, 6) is -4.67. The van der Waals surface area contributed by atoms with Gasteiger partial charge in [-0.1, -0.05) is 32.4 Å². The molecule has 13 N–H and O–H groups in total. The first-order chi connectivity index (χ1) is 19.2. The number of aliphatic carboxylic acids is 1. The van der Waals surface area contributed by atoms with Crippen LogP contribution in [-0.4, -0.2) is 76.5 Å². The fourth-order valence-corrected chi connectivity index (χ4v) is 3.77. The van der Waals surface area contributed by atoms with Gasteiger partial charge < -0.3 is 49.1 Å². The van der Waals surface area contributed by atoms with Gasteiger partial charge in [0.1, 0.15) is 23.9 Å². The topological polar surface area (TPSA) is 278 Å². The van der Waals surface area contributed by atoms with Crippen LogP contribution in [0.5, 0.6) is 5.75 Å². The first kappa shape index (κ1) is 34.6. The molecule has 15 nitrogen and oxygen atoms in total. The Kier molecular flexibility index (Phi) is 14.6. The van der Waals surface area contributed by atoms with Crippen LogP contribution in [0.4, 0.5) is 0 Å². The van der Waals surface area contributed by atoms with Gasteiger partial charge in [-0.25, -0.2) is 4.79 Å². The Balaban J connectivity index is 3.01. The summed E-state index contributed by atoms with van der Waals surface area (Å²) in [6, 6.07) is 1.13. The van der Waals surface area contributed by atoms with E-state index in [4.69, 9.17) is 22.9 Å². The number of carbonyl (C=O) groups is 5. The second kappa shape index (κ2) is 17.3. The minimum atomic E-state index is -1.32. The third-order valence-corrected chi connectivity index (χ3v) is 6.40. The lowest BCUT2D eigenvalue weighted by Gasteiger charge is -2.28. The smallest absolute Gasteiger partial charge is 0.326 e. The maximum absolute atomic E-state index is 13.2. The number of nitrogens with two attached hydrogens (primary N) is 4. The summed E-state index contributed by atoms with van der Waals surface area (Å²) in [4.78, 5) is 66.2. The van der Waals surface area contributed by atoms with E-state index < -0.39 is 59.7 Å². The molecule has 1 aromatic rings. The van der Waals surface area contributed by atoms with E-state index >= 15 is 0 Å². The summed E-state index contributed by atoms with van der Waals surface area (Å²) in [7, 11) is 0. The van der Waals surface area contributed by atoms with Crippen LogP contribution in [0, 0.1) is 5.92 Å². The van der Waals surface area contributed by atoms with E-state index in [1.807, 2.05) is 0 Å². The highest BCUT2D eigenvalue weighted by molar-refractivity contribution is 5.94. The van der Waals surface area contributed by atoms with Crippen molar-refractivity contribution in [3.8, 4) is 5.75 Å². The average molecular weight is 579 g/mol. The van der Waals surface area contributed by atoms with Crippen molar-refractivity contribution < 1.29 is 34.2 Å². The SMILES string of the molecule is CC[C@H](C)[C@H](NC(=O)[C@H](CCC(N)=O)NC(=O)[C@@H](N)CCCN=C(N)N)C(=O)N[C@@H](Cc1ccc(O)cc1)C(=O)O. The molecule has 0 radical (unpaired) electrons. The van der Waals surface area contributed by atoms with Gasteiger partial charge in [-0.15, -0.1) is 0 Å². The zero-order valence-electron chi connectivity index (χ0n) is 23.3. The van der Waals surface area contributed by atoms with E-state index in [2.05, 4.69) is 20.9 Å². The molecule has 41 heavy (non-hydrogen) atoms. The molecular weight excluding hydrogens is 536 g/mol. The van der Waals surface area contributed by atoms with Crippen molar-refractivity contribution >= 4 is 35.6 Å². The number of primary amides is 1. The van der Waals surface area contributed by atoms with E-state index in [1.165, 1.54) is 24.3 Å². The van der Waals surface area contributed by atoms with Gasteiger partial charge in [-0.2, -0.15) is 0 Å². The molecule has 0 aromatic heterocycles. The van der Waals surface area contributed by atoms with Crippen LogP contribution in [0.15, 0.2) is 29.3 Å². The normalized spacial score (nSPS) is 14.4. The van der Waals surface area contributed by atoms with Crippen molar-refractivity contribution in [2.75, 3.05) is 6.54 Å². The third-order valence-electron chi connectivity index (χ3n) is 6.40. The van der Waals surface area contributed by atoms with Gasteiger partial charge in [0, 0.05) is 19.4 Å². The lowest BCUT2D eigenvalue weighted by atomic mass is 9.96. The summed E-state index contributed by atoms with van der Waals surface area (Å²) < 4.78 is 0. The van der Waals surface area contributed by atoms with Crippen molar-refractivity contribution in [1.29, 1.82) is 0 Å². The van der Waals surface area contributed by atoms with E-state index in [0.717, 1.165) is 0 Å². The van der Waals surface area contributed by atoms with Crippen LogP contribution >= 0.6 is 0 Å². The van der Waals surface area contributed by atoms with Gasteiger partial charge >= 0.3 is 5.97 Å². The highest BCUT2D eigenvalue weighted by Gasteiger charge is 2.33. The van der Waals surface area contributed by atoms with E-state index in [1.54, 1.807) is 13.8 Å². The average Bonchev–Trinajstić information content (AvgIpc) is 2.91. The zero-order valence-corrected chi connectivity index (χ0v) is 23.3. The largest absolute Gasteiger partial charge is 0.508 e. The second-order valence-electron chi connectivity index (χ2n) is 9.76. The molecule has 0 aliphatic carbocycles. The molecule has 1 aromatic carbocycles. The molecule has 4 amide bonds. The molecule has 1 rings (SSSR count). The first-order valence-corrected chi connectivity index (χ1v) is 13.3. The number of amides is 4. The molecule has 15 heteroatoms. The number of nitrogens with one attached hydrogen (secondary N) is 3. The van der Waals surface area contributed by atoms with Gasteiger partial charge in [0.2, 0.25) is 23.6 Å². The number of carbonyl (C=O) groups excluding carboxylic acids is 4. The maximum atomic E-state index is 13.2. The highest BCUT2D eigenvalue weighted by Crippen LogP contribution is 2.13. The number of hydrogen-bond acceptors (Lipinski definition) is 8. The van der Waals surface area contributed by atoms with Gasteiger partial charge in [-0.05, 0) is 42.9 Å². The number of aliphatic imine (C=N–C) groups is 1. The predicted molar refractivity (Wildman–Crippen MR) is 151 cm³/mol. The van der Waals surface area contributed by atoms with Crippen LogP contribution in [0.2, 0.25) is 0 Å². The van der Waals surface area contributed by atoms with E-state index in [0.29, 0.717) is 18.4 Å². The number of phenolic OH excluding ortho intramolecular Hbond substituents is 1. The number of benzene rings is 1. The maximum Gasteiger partial charge on any atom is 0.326 e. The first-order valence-electron chi connectivity index (χ1n) is 13.3. The quantitative estimate of drug-likeness (QED) is 0.0533. The summed E-state index contributed by atoms with van der Waals surface area (Å²) in [5.41, 5.74) is 22.3. The molecule has 0 spiro atoms. The number of carboxylic acid groups (broad SMARTS) is 1. The Morgan fingerprint density at radius 1 is 0.902 bits per heavy atom. The number of phenols is 1. The minimum Gasteiger partial charge on any atom is -0.508 e. The van der Waals surface area contributed by atoms with Crippen LogP contribution in [0.1, 0.15) is 51.5 Å². The fourth-order valence-electron chi connectivity index (χ4n) is 3.77. The van der Waals surface area contributed by atoms with Crippen LogP contribution < -0.4 is 38.9 Å². The molecule has 0 fully saturated rings. The number of nitrogens with zero attached hydrogens (tertiary/aromatic N) is 1. The predicted octanol–water partition coefficient (Wildman–Crippen LogP) is -1.83. The number of aromatic hydroxyl groups is 1. The number of guanidine groups is 1. The Morgan fingerprint density at radius 2 is 1.51 bits per heavy atom. The molecule has 0 bridgehead atoms. The minimum absolute atomic E-state index is 0.00841. The van der Waals surface area contributed by atoms with Crippen LogP contribution in [0.25, 0.3) is 0 Å². The second-order valence-corrected chi connectivity index (χ2v) is 9.76. The van der Waals surface area contributed by atoms with Crippen LogP contribution in [0.3, 0.4) is 0 Å². The standard InChI is InChI=1S/C26H42N8O7/c1-3-14(2)21(24(39)33-19(25(40)41)13-15-6-8-16(35)9-7-15)34-23(38)18(10-11-20(28)36)32-22(37)17(27)5-4-12-31-26(29)30/h6-9,14,17-19,21,35H,3-5,10-13,27H2,1-2H3,(H2,28,36)(H,32,37)(H,33,39)(H,34,38)(H,40,41)(H4,29,30,31)/t14-,17-,18-,19-,21-/m0/s1. The van der Waals surface area contributed by atoms with Crippen molar-refractivity contribution in [2.24, 2.45) is 33.8 Å². The molecule has 5 atom stereocenters. The molecule has 0 aliphatic rings. The van der Waals surface area contributed by atoms with Gasteiger partial charge in [-0.3, -0.25) is 24.2 Å². The van der Waals surface area contributed by atoms with Gasteiger partial charge in [0.15, 0.2) is 5.96 Å². The van der Waals surface area contributed by atoms with Crippen molar-refractivity contribution in [3.63, 3.8) is 0 Å². The molecule has 0 heterocycles. The lowest BCUT2D eigenvalue weighted by molar-refractivity contribution is -0.142. The number of hydrogen-bond donors (Lipinski definition) is 9. The van der Waals surface area contributed by atoms with E-state index in [-0.39, 0.29) is 43.9 Å². The number of carboxylic acids is 1. The Hall–Kier alpha value is -4.40. The molecular formula is C26H42N8O7. The monoisotopic (exact) mass is 578 g/mol. The summed E-state index contributed by atoms with van der Waals surface area (Å²) in [6.07, 6.45) is 0.610. The van der Waals surface area contributed by atoms with Crippen molar-refractivity contribution in [2.45, 2.75) is 76.5 Å². The van der Waals surface area contributed by atoms with Gasteiger partial charge in [0.05, 0.1) is 6.04 Å². The third kappa shape index (κ3) is 13.0. The fraction of sp³-hybridized carbons (Fsp3) is 0.538. The molecule has 0 aliphatic heterocycles. The van der Waals surface area contributed by atoms with Crippen molar-refractivity contribution in [1.82, 2.24) is 16.0 Å². The Labute approximate surface area is 238 Å². The molecule has 0 saturated carbocycles. The molecule has 228 valence electrons. The molecule has 0 unspecified atom stereocenters. The molecule has 0 saturated heterocycles. The zero-order chi connectivity index (χ0) is 31.1. The number of rotatable bonds is 18. The Morgan fingerprint density at radius 3 is 2.05 bits per heavy atom. The van der Waals surface area contributed by atoms with Crippen LogP contribution in [-0.2, 0) is 30.4 Å². The van der Waals surface area contributed by atoms with Gasteiger partial charge in [0.25, 0.3) is 0 Å². The Bertz CT molecular complexity index is 1080.